The van der Waals surface area contributed by atoms with Crippen LogP contribution in [-0.4, -0.2) is 68.2 Å². The van der Waals surface area contributed by atoms with Gasteiger partial charge in [0.25, 0.3) is 0 Å². The first kappa shape index (κ1) is 12.4. The van der Waals surface area contributed by atoms with Crippen LogP contribution in [0.1, 0.15) is 6.92 Å². The first-order valence-electron chi connectivity index (χ1n) is 5.38. The van der Waals surface area contributed by atoms with Crippen molar-refractivity contribution in [1.82, 2.24) is 9.80 Å². The fraction of sp³-hybridized carbons (Fsp3) is 0.900. The maximum atomic E-state index is 11.5. The molecule has 5 heteroatoms. The zero-order chi connectivity index (χ0) is 11.3. The van der Waals surface area contributed by atoms with Crippen LogP contribution < -0.4 is 5.73 Å². The summed E-state index contributed by atoms with van der Waals surface area (Å²) in [6.07, 6.45) is 0. The minimum atomic E-state index is 0.0814. The zero-order valence-corrected chi connectivity index (χ0v) is 9.61. The molecule has 0 aromatic rings. The second kappa shape index (κ2) is 6.05. The van der Waals surface area contributed by atoms with E-state index in [1.807, 2.05) is 11.8 Å². The highest BCUT2D eigenvalue weighted by Gasteiger charge is 2.20. The lowest BCUT2D eigenvalue weighted by molar-refractivity contribution is -0.136. The molecule has 1 aliphatic heterocycles. The average Bonchev–Trinajstić information content (AvgIpc) is 2.18. The molecule has 1 fully saturated rings. The Morgan fingerprint density at radius 3 is 2.47 bits per heavy atom. The SMILES string of the molecule is COCC(=O)N1CCN(CC(C)N)CC1. The van der Waals surface area contributed by atoms with Crippen LogP contribution in [0.5, 0.6) is 0 Å². The number of hydrogen-bond donors (Lipinski definition) is 1. The summed E-state index contributed by atoms with van der Waals surface area (Å²) >= 11 is 0. The lowest BCUT2D eigenvalue weighted by Gasteiger charge is -2.35. The van der Waals surface area contributed by atoms with Crippen molar-refractivity contribution in [1.29, 1.82) is 0 Å². The van der Waals surface area contributed by atoms with Gasteiger partial charge in [0.1, 0.15) is 6.61 Å². The van der Waals surface area contributed by atoms with Crippen molar-refractivity contribution in [2.75, 3.05) is 46.4 Å². The van der Waals surface area contributed by atoms with E-state index in [0.717, 1.165) is 32.7 Å². The molecule has 0 spiro atoms. The minimum absolute atomic E-state index is 0.0814. The van der Waals surface area contributed by atoms with Crippen molar-refractivity contribution < 1.29 is 9.53 Å². The van der Waals surface area contributed by atoms with E-state index in [1.165, 1.54) is 0 Å². The summed E-state index contributed by atoms with van der Waals surface area (Å²) in [6, 6.07) is 0.200. The topological polar surface area (TPSA) is 58.8 Å². The highest BCUT2D eigenvalue weighted by atomic mass is 16.5. The standard InChI is InChI=1S/C10H21N3O2/c1-9(11)7-12-3-5-13(6-4-12)10(14)8-15-2/h9H,3-8,11H2,1-2H3. The van der Waals surface area contributed by atoms with Crippen molar-refractivity contribution >= 4 is 5.91 Å². The third-order valence-electron chi connectivity index (χ3n) is 2.54. The fourth-order valence-corrected chi connectivity index (χ4v) is 1.80. The molecule has 0 aromatic heterocycles. The molecule has 0 bridgehead atoms. The van der Waals surface area contributed by atoms with E-state index in [4.69, 9.17) is 10.5 Å². The van der Waals surface area contributed by atoms with Crippen LogP contribution in [0.15, 0.2) is 0 Å². The summed E-state index contributed by atoms with van der Waals surface area (Å²) in [5.74, 6) is 0.0814. The molecule has 0 aliphatic carbocycles. The van der Waals surface area contributed by atoms with Gasteiger partial charge in [-0.05, 0) is 6.92 Å². The highest BCUT2D eigenvalue weighted by molar-refractivity contribution is 5.77. The van der Waals surface area contributed by atoms with Crippen molar-refractivity contribution in [3.05, 3.63) is 0 Å². The monoisotopic (exact) mass is 215 g/mol. The van der Waals surface area contributed by atoms with Crippen molar-refractivity contribution in [3.8, 4) is 0 Å². The van der Waals surface area contributed by atoms with Gasteiger partial charge in [-0.3, -0.25) is 9.69 Å². The number of nitrogens with zero attached hydrogens (tertiary/aromatic N) is 2. The molecule has 1 atom stereocenters. The molecule has 5 nitrogen and oxygen atoms in total. The third-order valence-corrected chi connectivity index (χ3v) is 2.54. The van der Waals surface area contributed by atoms with Gasteiger partial charge in [-0.25, -0.2) is 0 Å². The molecular weight excluding hydrogens is 194 g/mol. The smallest absolute Gasteiger partial charge is 0.248 e. The predicted octanol–water partition coefficient (Wildman–Crippen LogP) is -0.876. The Bertz CT molecular complexity index is 201. The number of hydrogen-bond acceptors (Lipinski definition) is 4. The van der Waals surface area contributed by atoms with E-state index in [-0.39, 0.29) is 18.6 Å². The van der Waals surface area contributed by atoms with Gasteiger partial charge in [-0.15, -0.1) is 0 Å². The molecule has 0 saturated carbocycles. The van der Waals surface area contributed by atoms with Crippen molar-refractivity contribution in [3.63, 3.8) is 0 Å². The van der Waals surface area contributed by atoms with E-state index in [2.05, 4.69) is 4.90 Å². The quantitative estimate of drug-likeness (QED) is 0.662. The number of amides is 1. The second-order valence-electron chi connectivity index (χ2n) is 4.09. The number of ether oxygens (including phenoxy) is 1. The summed E-state index contributed by atoms with van der Waals surface area (Å²) in [6.45, 7) is 6.50. The summed E-state index contributed by atoms with van der Waals surface area (Å²) in [5, 5.41) is 0. The van der Waals surface area contributed by atoms with E-state index in [1.54, 1.807) is 7.11 Å². The molecule has 1 heterocycles. The first-order valence-corrected chi connectivity index (χ1v) is 5.38. The number of carbonyl (C=O) groups excluding carboxylic acids is 1. The zero-order valence-electron chi connectivity index (χ0n) is 9.61. The predicted molar refractivity (Wildman–Crippen MR) is 58.5 cm³/mol. The van der Waals surface area contributed by atoms with Crippen molar-refractivity contribution in [2.45, 2.75) is 13.0 Å². The Balaban J connectivity index is 2.26. The van der Waals surface area contributed by atoms with E-state index in [9.17, 15) is 4.79 Å². The summed E-state index contributed by atoms with van der Waals surface area (Å²) < 4.78 is 4.82. The first-order chi connectivity index (χ1) is 7.13. The Hall–Kier alpha value is -0.650. The molecule has 2 N–H and O–H groups in total. The number of nitrogens with two attached hydrogens (primary N) is 1. The van der Waals surface area contributed by atoms with E-state index < -0.39 is 0 Å². The van der Waals surface area contributed by atoms with Gasteiger partial charge in [0.2, 0.25) is 5.91 Å². The number of methoxy groups -OCH3 is 1. The van der Waals surface area contributed by atoms with E-state index in [0.29, 0.717) is 0 Å². The molecule has 15 heavy (non-hydrogen) atoms. The van der Waals surface area contributed by atoms with Gasteiger partial charge < -0.3 is 15.4 Å². The maximum absolute atomic E-state index is 11.5. The fourth-order valence-electron chi connectivity index (χ4n) is 1.80. The molecule has 1 unspecified atom stereocenters. The number of carbonyl (C=O) groups is 1. The number of rotatable bonds is 4. The van der Waals surface area contributed by atoms with Crippen LogP contribution in [0, 0.1) is 0 Å². The molecule has 1 amide bonds. The summed E-state index contributed by atoms with van der Waals surface area (Å²) in [5.41, 5.74) is 5.72. The van der Waals surface area contributed by atoms with Gasteiger partial charge in [0.15, 0.2) is 0 Å². The normalized spacial score (nSPS) is 20.3. The Morgan fingerprint density at radius 2 is 2.00 bits per heavy atom. The highest BCUT2D eigenvalue weighted by Crippen LogP contribution is 2.02. The Morgan fingerprint density at radius 1 is 1.40 bits per heavy atom. The molecular formula is C10H21N3O2. The van der Waals surface area contributed by atoms with Crippen LogP contribution in [0.3, 0.4) is 0 Å². The molecule has 0 aromatic carbocycles. The average molecular weight is 215 g/mol. The number of piperazine rings is 1. The summed E-state index contributed by atoms with van der Waals surface area (Å²) in [4.78, 5) is 15.6. The minimum Gasteiger partial charge on any atom is -0.375 e. The van der Waals surface area contributed by atoms with Crippen LogP contribution in [0.4, 0.5) is 0 Å². The van der Waals surface area contributed by atoms with Gasteiger partial charge in [0, 0.05) is 45.9 Å². The largest absolute Gasteiger partial charge is 0.375 e. The van der Waals surface area contributed by atoms with Gasteiger partial charge in [-0.2, -0.15) is 0 Å². The summed E-state index contributed by atoms with van der Waals surface area (Å²) in [7, 11) is 1.55. The van der Waals surface area contributed by atoms with Crippen LogP contribution in [0.2, 0.25) is 0 Å². The maximum Gasteiger partial charge on any atom is 0.248 e. The van der Waals surface area contributed by atoms with Gasteiger partial charge in [-0.1, -0.05) is 0 Å². The lowest BCUT2D eigenvalue weighted by atomic mass is 10.2. The van der Waals surface area contributed by atoms with Crippen LogP contribution in [0.25, 0.3) is 0 Å². The van der Waals surface area contributed by atoms with Gasteiger partial charge in [0.05, 0.1) is 0 Å². The Kier molecular flexibility index (Phi) is 5.01. The molecule has 1 rings (SSSR count). The van der Waals surface area contributed by atoms with Crippen molar-refractivity contribution in [2.24, 2.45) is 5.73 Å². The molecule has 88 valence electrons. The second-order valence-corrected chi connectivity index (χ2v) is 4.09. The van der Waals surface area contributed by atoms with Crippen LogP contribution >= 0.6 is 0 Å². The van der Waals surface area contributed by atoms with Gasteiger partial charge >= 0.3 is 0 Å². The van der Waals surface area contributed by atoms with E-state index >= 15 is 0 Å². The van der Waals surface area contributed by atoms with Crippen LogP contribution in [-0.2, 0) is 9.53 Å². The molecule has 0 radical (unpaired) electrons. The Labute approximate surface area is 91.2 Å². The molecule has 1 aliphatic rings. The molecule has 1 saturated heterocycles. The lowest BCUT2D eigenvalue weighted by Crippen LogP contribution is -2.51. The third kappa shape index (κ3) is 4.15.